The lowest BCUT2D eigenvalue weighted by molar-refractivity contribution is 0.467. The predicted molar refractivity (Wildman–Crippen MR) is 80.2 cm³/mol. The largest absolute Gasteiger partial charge is 0.389 e. The second-order valence-electron chi connectivity index (χ2n) is 5.54. The SMILES string of the molecule is NC(=S)c1ccc(Cl)cc1NCC1(C2CC2)CC1. The minimum Gasteiger partial charge on any atom is -0.389 e. The molecule has 96 valence electrons. The van der Waals surface area contributed by atoms with Gasteiger partial charge in [0.25, 0.3) is 0 Å². The fourth-order valence-electron chi connectivity index (χ4n) is 2.73. The van der Waals surface area contributed by atoms with Gasteiger partial charge in [0.15, 0.2) is 0 Å². The summed E-state index contributed by atoms with van der Waals surface area (Å²) in [4.78, 5) is 0.422. The van der Waals surface area contributed by atoms with Gasteiger partial charge in [-0.25, -0.2) is 0 Å². The van der Waals surface area contributed by atoms with E-state index in [4.69, 9.17) is 29.6 Å². The maximum absolute atomic E-state index is 6.04. The Bertz CT molecular complexity index is 493. The summed E-state index contributed by atoms with van der Waals surface area (Å²) in [5.74, 6) is 0.942. The van der Waals surface area contributed by atoms with Crippen LogP contribution in [0.15, 0.2) is 18.2 Å². The smallest absolute Gasteiger partial charge is 0.106 e. The number of hydrogen-bond donors (Lipinski definition) is 2. The molecule has 0 radical (unpaired) electrons. The third kappa shape index (κ3) is 2.34. The van der Waals surface area contributed by atoms with Crippen molar-refractivity contribution in [1.82, 2.24) is 0 Å². The van der Waals surface area contributed by atoms with Crippen molar-refractivity contribution >= 4 is 34.5 Å². The zero-order chi connectivity index (χ0) is 12.8. The molecule has 0 saturated heterocycles. The quantitative estimate of drug-likeness (QED) is 0.810. The number of hydrogen-bond acceptors (Lipinski definition) is 2. The molecule has 4 heteroatoms. The fraction of sp³-hybridized carbons (Fsp3) is 0.500. The molecule has 0 bridgehead atoms. The first kappa shape index (κ1) is 12.2. The van der Waals surface area contributed by atoms with Crippen molar-refractivity contribution in [1.29, 1.82) is 0 Å². The molecule has 3 rings (SSSR count). The van der Waals surface area contributed by atoms with E-state index in [1.165, 1.54) is 25.7 Å². The van der Waals surface area contributed by atoms with Crippen molar-refractivity contribution in [2.24, 2.45) is 17.1 Å². The lowest BCUT2D eigenvalue weighted by atomic mass is 10.0. The van der Waals surface area contributed by atoms with Crippen molar-refractivity contribution in [3.05, 3.63) is 28.8 Å². The first-order chi connectivity index (χ1) is 8.61. The van der Waals surface area contributed by atoms with Crippen LogP contribution in [0.25, 0.3) is 0 Å². The van der Waals surface area contributed by atoms with E-state index in [1.807, 2.05) is 18.2 Å². The second-order valence-corrected chi connectivity index (χ2v) is 6.42. The van der Waals surface area contributed by atoms with Gasteiger partial charge in [-0.3, -0.25) is 0 Å². The van der Waals surface area contributed by atoms with E-state index in [1.54, 1.807) is 0 Å². The van der Waals surface area contributed by atoms with Crippen molar-refractivity contribution in [3.63, 3.8) is 0 Å². The Morgan fingerprint density at radius 3 is 2.72 bits per heavy atom. The van der Waals surface area contributed by atoms with Crippen molar-refractivity contribution in [3.8, 4) is 0 Å². The topological polar surface area (TPSA) is 38.0 Å². The number of rotatable bonds is 5. The van der Waals surface area contributed by atoms with E-state index in [0.29, 0.717) is 15.4 Å². The molecule has 0 spiro atoms. The van der Waals surface area contributed by atoms with E-state index >= 15 is 0 Å². The number of nitrogens with two attached hydrogens (primary N) is 1. The fourth-order valence-corrected chi connectivity index (χ4v) is 3.08. The molecule has 0 heterocycles. The number of nitrogens with one attached hydrogen (secondary N) is 1. The van der Waals surface area contributed by atoms with Crippen LogP contribution in [-0.4, -0.2) is 11.5 Å². The molecule has 1 aromatic rings. The zero-order valence-electron chi connectivity index (χ0n) is 10.2. The molecular formula is C14H17ClN2S. The summed E-state index contributed by atoms with van der Waals surface area (Å²) in [6.07, 6.45) is 5.51. The highest BCUT2D eigenvalue weighted by Crippen LogP contribution is 2.61. The monoisotopic (exact) mass is 280 g/mol. The van der Waals surface area contributed by atoms with Crippen molar-refractivity contribution in [2.45, 2.75) is 25.7 Å². The molecule has 0 amide bonds. The Labute approximate surface area is 118 Å². The Kier molecular flexibility index (Phi) is 2.99. The summed E-state index contributed by atoms with van der Waals surface area (Å²) >= 11 is 11.1. The molecule has 2 aliphatic rings. The molecule has 2 fully saturated rings. The van der Waals surface area contributed by atoms with Gasteiger partial charge in [0, 0.05) is 22.8 Å². The Morgan fingerprint density at radius 2 is 2.17 bits per heavy atom. The number of benzene rings is 1. The Morgan fingerprint density at radius 1 is 1.44 bits per heavy atom. The molecule has 0 atom stereocenters. The summed E-state index contributed by atoms with van der Waals surface area (Å²) in [6, 6.07) is 5.64. The van der Waals surface area contributed by atoms with Gasteiger partial charge in [0.2, 0.25) is 0 Å². The molecular weight excluding hydrogens is 264 g/mol. The van der Waals surface area contributed by atoms with Crippen LogP contribution in [0.1, 0.15) is 31.2 Å². The van der Waals surface area contributed by atoms with Gasteiger partial charge in [-0.1, -0.05) is 23.8 Å². The van der Waals surface area contributed by atoms with Gasteiger partial charge in [-0.2, -0.15) is 0 Å². The highest BCUT2D eigenvalue weighted by atomic mass is 35.5. The van der Waals surface area contributed by atoms with Crippen LogP contribution in [0, 0.1) is 11.3 Å². The first-order valence-corrected chi connectivity index (χ1v) is 7.23. The van der Waals surface area contributed by atoms with E-state index < -0.39 is 0 Å². The average Bonchev–Trinajstić information content (AvgIpc) is 3.18. The third-order valence-electron chi connectivity index (χ3n) is 4.21. The van der Waals surface area contributed by atoms with Crippen molar-refractivity contribution < 1.29 is 0 Å². The maximum Gasteiger partial charge on any atom is 0.106 e. The van der Waals surface area contributed by atoms with Crippen LogP contribution < -0.4 is 11.1 Å². The maximum atomic E-state index is 6.04. The molecule has 2 nitrogen and oxygen atoms in total. The molecule has 1 aromatic carbocycles. The normalized spacial score (nSPS) is 20.5. The predicted octanol–water partition coefficient (Wildman–Crippen LogP) is 3.58. The number of thiocarbonyl (C=S) groups is 1. The molecule has 18 heavy (non-hydrogen) atoms. The van der Waals surface area contributed by atoms with Crippen molar-refractivity contribution in [2.75, 3.05) is 11.9 Å². The van der Waals surface area contributed by atoms with Gasteiger partial charge in [0.1, 0.15) is 4.99 Å². The summed E-state index contributed by atoms with van der Waals surface area (Å²) in [5, 5.41) is 4.22. The van der Waals surface area contributed by atoms with Gasteiger partial charge >= 0.3 is 0 Å². The summed E-state index contributed by atoms with van der Waals surface area (Å²) in [7, 11) is 0. The lowest BCUT2D eigenvalue weighted by Gasteiger charge is -2.18. The standard InChI is InChI=1S/C14H17ClN2S/c15-10-3-4-11(13(16)18)12(7-10)17-8-14(5-6-14)9-1-2-9/h3-4,7,9,17H,1-2,5-6,8H2,(H2,16,18). The van der Waals surface area contributed by atoms with Crippen LogP contribution in [0.5, 0.6) is 0 Å². The van der Waals surface area contributed by atoms with Crippen LogP contribution in [-0.2, 0) is 0 Å². The Balaban J connectivity index is 1.75. The van der Waals surface area contributed by atoms with Gasteiger partial charge in [0.05, 0.1) is 0 Å². The number of anilines is 1. The highest BCUT2D eigenvalue weighted by Gasteiger charge is 2.53. The average molecular weight is 281 g/mol. The van der Waals surface area contributed by atoms with Gasteiger partial charge < -0.3 is 11.1 Å². The molecule has 0 aliphatic heterocycles. The molecule has 0 unspecified atom stereocenters. The Hall–Kier alpha value is -0.800. The molecule has 2 saturated carbocycles. The van der Waals surface area contributed by atoms with Crippen LogP contribution in [0.2, 0.25) is 5.02 Å². The summed E-state index contributed by atoms with van der Waals surface area (Å²) in [5.41, 5.74) is 8.16. The van der Waals surface area contributed by atoms with E-state index in [-0.39, 0.29) is 0 Å². The summed E-state index contributed by atoms with van der Waals surface area (Å²) in [6.45, 7) is 1.02. The van der Waals surface area contributed by atoms with E-state index in [2.05, 4.69) is 5.32 Å². The molecule has 2 aliphatic carbocycles. The van der Waals surface area contributed by atoms with Crippen LogP contribution in [0.4, 0.5) is 5.69 Å². The summed E-state index contributed by atoms with van der Waals surface area (Å²) < 4.78 is 0. The minimum atomic E-state index is 0.422. The minimum absolute atomic E-state index is 0.422. The first-order valence-electron chi connectivity index (χ1n) is 6.44. The number of halogens is 1. The van der Waals surface area contributed by atoms with Gasteiger partial charge in [-0.05, 0) is 55.2 Å². The van der Waals surface area contributed by atoms with Crippen LogP contribution >= 0.6 is 23.8 Å². The molecule has 3 N–H and O–H groups in total. The second kappa shape index (κ2) is 4.39. The van der Waals surface area contributed by atoms with Gasteiger partial charge in [-0.15, -0.1) is 0 Å². The third-order valence-corrected chi connectivity index (χ3v) is 4.67. The zero-order valence-corrected chi connectivity index (χ0v) is 11.8. The molecule has 0 aromatic heterocycles. The highest BCUT2D eigenvalue weighted by molar-refractivity contribution is 7.80. The lowest BCUT2D eigenvalue weighted by Crippen LogP contribution is -2.20. The van der Waals surface area contributed by atoms with E-state index in [0.717, 1.165) is 23.7 Å². The van der Waals surface area contributed by atoms with E-state index in [9.17, 15) is 0 Å². The van der Waals surface area contributed by atoms with Crippen LogP contribution in [0.3, 0.4) is 0 Å².